The smallest absolute Gasteiger partial charge is 0.255 e. The van der Waals surface area contributed by atoms with Gasteiger partial charge in [-0.25, -0.2) is 4.68 Å². The Hall–Kier alpha value is -2.38. The summed E-state index contributed by atoms with van der Waals surface area (Å²) in [5.74, 6) is -0.636. The second-order valence-electron chi connectivity index (χ2n) is 5.06. The van der Waals surface area contributed by atoms with Gasteiger partial charge in [-0.3, -0.25) is 9.59 Å². The lowest BCUT2D eigenvalue weighted by atomic mass is 10.2. The number of hydrogen-bond acceptors (Lipinski definition) is 4. The maximum atomic E-state index is 12.2. The number of benzene rings is 1. The van der Waals surface area contributed by atoms with Gasteiger partial charge in [0.25, 0.3) is 5.91 Å². The zero-order valence-corrected chi connectivity index (χ0v) is 14.3. The molecule has 0 saturated carbocycles. The third-order valence-electron chi connectivity index (χ3n) is 3.35. The first kappa shape index (κ1) is 18.0. The molecule has 0 saturated heterocycles. The average molecular weight is 351 g/mol. The Balaban J connectivity index is 2.00. The third kappa shape index (κ3) is 4.56. The van der Waals surface area contributed by atoms with Crippen molar-refractivity contribution in [2.45, 2.75) is 6.92 Å². The summed E-state index contributed by atoms with van der Waals surface area (Å²) in [5, 5.41) is 10.0. The lowest BCUT2D eigenvalue weighted by Gasteiger charge is -2.07. The predicted octanol–water partition coefficient (Wildman–Crippen LogP) is 1.33. The number of nitrogens with zero attached hydrogens (tertiary/aromatic N) is 2. The van der Waals surface area contributed by atoms with Gasteiger partial charge in [-0.2, -0.15) is 5.10 Å². The molecule has 0 aliphatic carbocycles. The molecule has 0 aliphatic heterocycles. The van der Waals surface area contributed by atoms with E-state index >= 15 is 0 Å². The van der Waals surface area contributed by atoms with E-state index in [1.807, 2.05) is 12.1 Å². The summed E-state index contributed by atoms with van der Waals surface area (Å²) in [6.07, 6.45) is 1.47. The molecule has 2 N–H and O–H groups in total. The summed E-state index contributed by atoms with van der Waals surface area (Å²) in [6.45, 7) is 2.49. The molecule has 2 rings (SSSR count). The molecular weight excluding hydrogens is 332 g/mol. The minimum atomic E-state index is -0.359. The van der Waals surface area contributed by atoms with Gasteiger partial charge in [0.2, 0.25) is 5.91 Å². The Kier molecular flexibility index (Phi) is 6.34. The van der Waals surface area contributed by atoms with Crippen LogP contribution in [0.1, 0.15) is 16.1 Å². The molecule has 0 bridgehead atoms. The van der Waals surface area contributed by atoms with E-state index < -0.39 is 0 Å². The molecule has 7 nitrogen and oxygen atoms in total. The molecule has 2 amide bonds. The molecule has 2 aromatic rings. The number of amides is 2. The summed E-state index contributed by atoms with van der Waals surface area (Å²) in [5.41, 5.74) is 1.82. The van der Waals surface area contributed by atoms with Crippen molar-refractivity contribution >= 4 is 23.4 Å². The third-order valence-corrected chi connectivity index (χ3v) is 3.58. The van der Waals surface area contributed by atoms with Crippen molar-refractivity contribution in [1.82, 2.24) is 20.4 Å². The number of methoxy groups -OCH3 is 1. The van der Waals surface area contributed by atoms with Crippen LogP contribution in [0.3, 0.4) is 0 Å². The first-order valence-electron chi connectivity index (χ1n) is 7.37. The number of rotatable bonds is 7. The van der Waals surface area contributed by atoms with Gasteiger partial charge in [-0.1, -0.05) is 17.7 Å². The van der Waals surface area contributed by atoms with E-state index in [4.69, 9.17) is 16.3 Å². The molecule has 0 unspecified atom stereocenters. The van der Waals surface area contributed by atoms with Gasteiger partial charge < -0.3 is 15.4 Å². The van der Waals surface area contributed by atoms with Crippen LogP contribution < -0.4 is 10.6 Å². The van der Waals surface area contributed by atoms with Gasteiger partial charge in [0.05, 0.1) is 36.3 Å². The van der Waals surface area contributed by atoms with Gasteiger partial charge in [-0.05, 0) is 25.1 Å². The summed E-state index contributed by atoms with van der Waals surface area (Å²) >= 11 is 5.98. The fourth-order valence-electron chi connectivity index (χ4n) is 2.11. The summed E-state index contributed by atoms with van der Waals surface area (Å²) in [4.78, 5) is 23.8. The molecule has 0 fully saturated rings. The minimum Gasteiger partial charge on any atom is -0.383 e. The molecule has 1 heterocycles. The Morgan fingerprint density at radius 3 is 2.83 bits per heavy atom. The molecule has 24 heavy (non-hydrogen) atoms. The van der Waals surface area contributed by atoms with E-state index in [-0.39, 0.29) is 18.4 Å². The van der Waals surface area contributed by atoms with Crippen LogP contribution in [0.25, 0.3) is 5.69 Å². The summed E-state index contributed by atoms with van der Waals surface area (Å²) in [7, 11) is 1.55. The van der Waals surface area contributed by atoms with Crippen LogP contribution in [-0.4, -0.2) is 48.4 Å². The highest BCUT2D eigenvalue weighted by Gasteiger charge is 2.16. The van der Waals surface area contributed by atoms with Gasteiger partial charge in [0.1, 0.15) is 0 Å². The first-order valence-corrected chi connectivity index (χ1v) is 7.75. The fourth-order valence-corrected chi connectivity index (χ4v) is 2.30. The van der Waals surface area contributed by atoms with E-state index in [0.29, 0.717) is 29.4 Å². The second-order valence-corrected chi connectivity index (χ2v) is 5.50. The highest BCUT2D eigenvalue weighted by atomic mass is 35.5. The molecule has 0 aliphatic rings. The van der Waals surface area contributed by atoms with Crippen molar-refractivity contribution in [1.29, 1.82) is 0 Å². The van der Waals surface area contributed by atoms with Crippen molar-refractivity contribution < 1.29 is 14.3 Å². The quantitative estimate of drug-likeness (QED) is 0.738. The van der Waals surface area contributed by atoms with Gasteiger partial charge >= 0.3 is 0 Å². The maximum absolute atomic E-state index is 12.2. The molecule has 0 atom stereocenters. The summed E-state index contributed by atoms with van der Waals surface area (Å²) < 4.78 is 6.46. The average Bonchev–Trinajstić information content (AvgIpc) is 2.94. The monoisotopic (exact) mass is 350 g/mol. The standard InChI is InChI=1S/C16H19ClN4O3/c1-11-14(16(23)19-10-15(22)18-6-7-24-2)9-20-21(11)13-5-3-4-12(17)8-13/h3-5,8-9H,6-7,10H2,1-2H3,(H,18,22)(H,19,23). The number of ether oxygens (including phenoxy) is 1. The number of hydrogen-bond donors (Lipinski definition) is 2. The Labute approximate surface area is 144 Å². The second kappa shape index (κ2) is 8.47. The number of nitrogens with one attached hydrogen (secondary N) is 2. The van der Waals surface area contributed by atoms with Gasteiger partial charge in [-0.15, -0.1) is 0 Å². The zero-order chi connectivity index (χ0) is 17.5. The SMILES string of the molecule is COCCNC(=O)CNC(=O)c1cnn(-c2cccc(Cl)c2)c1C. The van der Waals surface area contributed by atoms with Crippen LogP contribution in [0.4, 0.5) is 0 Å². The predicted molar refractivity (Wildman–Crippen MR) is 90.5 cm³/mol. The lowest BCUT2D eigenvalue weighted by Crippen LogP contribution is -2.38. The molecule has 0 radical (unpaired) electrons. The zero-order valence-electron chi connectivity index (χ0n) is 13.5. The van der Waals surface area contributed by atoms with Crippen LogP contribution in [0.5, 0.6) is 0 Å². The van der Waals surface area contributed by atoms with E-state index in [9.17, 15) is 9.59 Å². The minimum absolute atomic E-state index is 0.107. The fraction of sp³-hybridized carbons (Fsp3) is 0.312. The van der Waals surface area contributed by atoms with Gasteiger partial charge in [0, 0.05) is 18.7 Å². The van der Waals surface area contributed by atoms with Crippen LogP contribution in [0.2, 0.25) is 5.02 Å². The van der Waals surface area contributed by atoms with E-state index in [2.05, 4.69) is 15.7 Å². The molecule has 1 aromatic heterocycles. The normalized spacial score (nSPS) is 10.5. The molecular formula is C16H19ClN4O3. The Bertz CT molecular complexity index is 730. The van der Waals surface area contributed by atoms with E-state index in [1.54, 1.807) is 30.8 Å². The Morgan fingerprint density at radius 2 is 2.12 bits per heavy atom. The van der Waals surface area contributed by atoms with Gasteiger partial charge in [0.15, 0.2) is 0 Å². The van der Waals surface area contributed by atoms with Crippen molar-refractivity contribution in [3.8, 4) is 5.69 Å². The maximum Gasteiger partial charge on any atom is 0.255 e. The summed E-state index contributed by atoms with van der Waals surface area (Å²) in [6, 6.07) is 7.17. The van der Waals surface area contributed by atoms with Crippen LogP contribution in [0.15, 0.2) is 30.5 Å². The largest absolute Gasteiger partial charge is 0.383 e. The van der Waals surface area contributed by atoms with E-state index in [1.165, 1.54) is 6.20 Å². The molecule has 8 heteroatoms. The lowest BCUT2D eigenvalue weighted by molar-refractivity contribution is -0.120. The highest BCUT2D eigenvalue weighted by molar-refractivity contribution is 6.30. The van der Waals surface area contributed by atoms with Crippen molar-refractivity contribution in [2.75, 3.05) is 26.8 Å². The molecule has 0 spiro atoms. The number of halogens is 1. The topological polar surface area (TPSA) is 85.2 Å². The first-order chi connectivity index (χ1) is 11.5. The van der Waals surface area contributed by atoms with Crippen LogP contribution >= 0.6 is 11.6 Å². The number of aromatic nitrogens is 2. The Morgan fingerprint density at radius 1 is 1.33 bits per heavy atom. The molecule has 1 aromatic carbocycles. The number of carbonyl (C=O) groups excluding carboxylic acids is 2. The van der Waals surface area contributed by atoms with Crippen molar-refractivity contribution in [3.05, 3.63) is 46.7 Å². The molecule has 128 valence electrons. The highest BCUT2D eigenvalue weighted by Crippen LogP contribution is 2.17. The number of carbonyl (C=O) groups is 2. The van der Waals surface area contributed by atoms with Crippen molar-refractivity contribution in [3.63, 3.8) is 0 Å². The van der Waals surface area contributed by atoms with Crippen molar-refractivity contribution in [2.24, 2.45) is 0 Å². The van der Waals surface area contributed by atoms with E-state index in [0.717, 1.165) is 5.69 Å². The van der Waals surface area contributed by atoms with Crippen LogP contribution in [0, 0.1) is 6.92 Å². The van der Waals surface area contributed by atoms with Crippen LogP contribution in [-0.2, 0) is 9.53 Å².